The highest BCUT2D eigenvalue weighted by Crippen LogP contribution is 2.29. The number of imidazole rings is 1. The van der Waals surface area contributed by atoms with Crippen LogP contribution in [0.5, 0.6) is 0 Å². The van der Waals surface area contributed by atoms with E-state index in [0.717, 1.165) is 5.69 Å². The first-order valence-electron chi connectivity index (χ1n) is 11.2. The van der Waals surface area contributed by atoms with Crippen molar-refractivity contribution in [2.24, 2.45) is 0 Å². The third-order valence-corrected chi connectivity index (χ3v) is 7.49. The molecule has 14 heteroatoms. The van der Waals surface area contributed by atoms with Crippen LogP contribution < -0.4 is 10.6 Å². The average molecular weight is 499 g/mol. The van der Waals surface area contributed by atoms with Crippen LogP contribution in [0.1, 0.15) is 11.4 Å². The number of sulfonamides is 1. The fraction of sp³-hybridized carbons (Fsp3) is 0.476. The molecule has 2 fully saturated rings. The van der Waals surface area contributed by atoms with Crippen molar-refractivity contribution in [3.05, 3.63) is 30.0 Å². The summed E-state index contributed by atoms with van der Waals surface area (Å²) in [6, 6.07) is 2.26. The van der Waals surface area contributed by atoms with Crippen LogP contribution in [-0.4, -0.2) is 101 Å². The number of nitriles is 1. The Balaban J connectivity index is 1.53. The summed E-state index contributed by atoms with van der Waals surface area (Å²) >= 11 is 0. The van der Waals surface area contributed by atoms with Crippen LogP contribution >= 0.6 is 0 Å². The van der Waals surface area contributed by atoms with Crippen molar-refractivity contribution >= 4 is 27.4 Å². The van der Waals surface area contributed by atoms with Crippen molar-refractivity contribution in [1.29, 1.82) is 5.26 Å². The Kier molecular flexibility index (Phi) is 6.24. The quantitative estimate of drug-likeness (QED) is 0.485. The normalized spacial score (nSPS) is 18.1. The van der Waals surface area contributed by atoms with E-state index in [1.807, 2.05) is 6.20 Å². The SMILES string of the molecule is CS(=O)(=O)N1CCN(Cc2cn3c(C#N)c(-c4cnc(N)nc4)nc(N4CCOCC4)c3n2)CC1. The zero-order chi connectivity index (χ0) is 24.6. The summed E-state index contributed by atoms with van der Waals surface area (Å²) in [5.74, 6) is 0.801. The number of hydrogen-bond donors (Lipinski definition) is 1. The summed E-state index contributed by atoms with van der Waals surface area (Å²) in [4.78, 5) is 22.1. The number of anilines is 2. The fourth-order valence-corrected chi connectivity index (χ4v) is 5.19. The maximum absolute atomic E-state index is 11.8. The Morgan fingerprint density at radius 3 is 2.40 bits per heavy atom. The number of nitrogens with zero attached hydrogens (tertiary/aromatic N) is 9. The molecule has 3 aromatic rings. The van der Waals surface area contributed by atoms with Gasteiger partial charge in [-0.05, 0) is 0 Å². The topological polar surface area (TPSA) is 159 Å². The van der Waals surface area contributed by atoms with E-state index < -0.39 is 10.0 Å². The lowest BCUT2D eigenvalue weighted by atomic mass is 10.2. The molecule has 0 radical (unpaired) electrons. The zero-order valence-corrected chi connectivity index (χ0v) is 20.1. The van der Waals surface area contributed by atoms with Gasteiger partial charge in [0.15, 0.2) is 17.2 Å². The third-order valence-electron chi connectivity index (χ3n) is 6.19. The summed E-state index contributed by atoms with van der Waals surface area (Å²) in [6.07, 6.45) is 6.20. The second kappa shape index (κ2) is 9.34. The molecule has 184 valence electrons. The zero-order valence-electron chi connectivity index (χ0n) is 19.3. The molecule has 35 heavy (non-hydrogen) atoms. The Labute approximate surface area is 202 Å². The molecule has 0 bridgehead atoms. The fourth-order valence-electron chi connectivity index (χ4n) is 4.36. The standard InChI is InChI=1S/C21H26N10O3S/c1-35(32,33)30-4-2-28(3-5-30)13-16-14-31-17(10-22)18(15-11-24-21(23)25-12-15)27-19(20(31)26-16)29-6-8-34-9-7-29/h11-12,14H,2-9,13H2,1H3,(H2,23,24,25). The molecule has 2 aliphatic rings. The molecule has 5 heterocycles. The van der Waals surface area contributed by atoms with Crippen molar-refractivity contribution in [2.45, 2.75) is 6.54 Å². The van der Waals surface area contributed by atoms with Gasteiger partial charge < -0.3 is 15.4 Å². The Morgan fingerprint density at radius 1 is 1.09 bits per heavy atom. The smallest absolute Gasteiger partial charge is 0.219 e. The number of rotatable bonds is 5. The van der Waals surface area contributed by atoms with Crippen LogP contribution in [0.2, 0.25) is 0 Å². The monoisotopic (exact) mass is 498 g/mol. The van der Waals surface area contributed by atoms with Gasteiger partial charge in [0.1, 0.15) is 11.8 Å². The first-order chi connectivity index (χ1) is 16.8. The maximum atomic E-state index is 11.8. The maximum Gasteiger partial charge on any atom is 0.219 e. The number of ether oxygens (including phenoxy) is 1. The molecule has 0 amide bonds. The number of morpholine rings is 1. The van der Waals surface area contributed by atoms with Gasteiger partial charge >= 0.3 is 0 Å². The minimum Gasteiger partial charge on any atom is -0.378 e. The number of hydrogen-bond acceptors (Lipinski definition) is 11. The molecule has 0 aromatic carbocycles. The van der Waals surface area contributed by atoms with Crippen molar-refractivity contribution < 1.29 is 13.2 Å². The number of aromatic nitrogens is 5. The van der Waals surface area contributed by atoms with E-state index in [-0.39, 0.29) is 5.95 Å². The highest BCUT2D eigenvalue weighted by atomic mass is 32.2. The van der Waals surface area contributed by atoms with Gasteiger partial charge in [-0.3, -0.25) is 9.30 Å². The number of nitrogen functional groups attached to an aromatic ring is 1. The molecule has 0 aliphatic carbocycles. The molecule has 0 saturated carbocycles. The van der Waals surface area contributed by atoms with E-state index in [1.54, 1.807) is 16.8 Å². The second-order valence-corrected chi connectivity index (χ2v) is 10.5. The van der Waals surface area contributed by atoms with E-state index in [4.69, 9.17) is 20.4 Å². The van der Waals surface area contributed by atoms with Crippen molar-refractivity contribution in [2.75, 3.05) is 69.4 Å². The van der Waals surface area contributed by atoms with Crippen LogP contribution in [0.4, 0.5) is 11.8 Å². The lowest BCUT2D eigenvalue weighted by molar-refractivity contribution is 0.122. The van der Waals surface area contributed by atoms with Crippen LogP contribution in [0.25, 0.3) is 16.9 Å². The van der Waals surface area contributed by atoms with E-state index in [0.29, 0.717) is 87.4 Å². The molecule has 2 aliphatic heterocycles. The van der Waals surface area contributed by atoms with Gasteiger partial charge in [0.25, 0.3) is 0 Å². The van der Waals surface area contributed by atoms with E-state index in [2.05, 4.69) is 25.8 Å². The molecule has 5 rings (SSSR count). The summed E-state index contributed by atoms with van der Waals surface area (Å²) in [5.41, 5.74) is 8.38. The van der Waals surface area contributed by atoms with Gasteiger partial charge in [0.2, 0.25) is 16.0 Å². The summed E-state index contributed by atoms with van der Waals surface area (Å²) in [5, 5.41) is 10.1. The predicted octanol–water partition coefficient (Wildman–Crippen LogP) is -0.446. The molecule has 13 nitrogen and oxygen atoms in total. The molecular formula is C21H26N10O3S. The lowest BCUT2D eigenvalue weighted by Crippen LogP contribution is -2.47. The molecule has 0 unspecified atom stereocenters. The summed E-state index contributed by atoms with van der Waals surface area (Å²) in [6.45, 7) is 5.09. The largest absolute Gasteiger partial charge is 0.378 e. The Hall–Kier alpha value is -3.38. The predicted molar refractivity (Wildman–Crippen MR) is 128 cm³/mol. The Morgan fingerprint density at radius 2 is 1.77 bits per heavy atom. The van der Waals surface area contributed by atoms with Crippen molar-refractivity contribution in [3.8, 4) is 17.3 Å². The summed E-state index contributed by atoms with van der Waals surface area (Å²) < 4.78 is 32.4. The lowest BCUT2D eigenvalue weighted by Gasteiger charge is -2.32. The highest BCUT2D eigenvalue weighted by Gasteiger charge is 2.26. The molecule has 2 saturated heterocycles. The van der Waals surface area contributed by atoms with Gasteiger partial charge in [-0.1, -0.05) is 0 Å². The van der Waals surface area contributed by atoms with Gasteiger partial charge in [-0.25, -0.2) is 28.4 Å². The molecular weight excluding hydrogens is 472 g/mol. The summed E-state index contributed by atoms with van der Waals surface area (Å²) in [7, 11) is -3.19. The first kappa shape index (κ1) is 23.4. The van der Waals surface area contributed by atoms with Gasteiger partial charge in [-0.15, -0.1) is 0 Å². The van der Waals surface area contributed by atoms with Crippen molar-refractivity contribution in [1.82, 2.24) is 33.5 Å². The van der Waals surface area contributed by atoms with Gasteiger partial charge in [0, 0.05) is 70.0 Å². The van der Waals surface area contributed by atoms with Gasteiger partial charge in [-0.2, -0.15) is 9.57 Å². The van der Waals surface area contributed by atoms with Crippen LogP contribution in [0.3, 0.4) is 0 Å². The molecule has 0 atom stereocenters. The average Bonchev–Trinajstić information content (AvgIpc) is 3.27. The second-order valence-electron chi connectivity index (χ2n) is 8.54. The highest BCUT2D eigenvalue weighted by molar-refractivity contribution is 7.88. The molecule has 3 aromatic heterocycles. The van der Waals surface area contributed by atoms with Crippen LogP contribution in [0, 0.1) is 11.3 Å². The van der Waals surface area contributed by atoms with E-state index in [1.165, 1.54) is 10.6 Å². The van der Waals surface area contributed by atoms with Crippen LogP contribution in [-0.2, 0) is 21.3 Å². The van der Waals surface area contributed by atoms with E-state index >= 15 is 0 Å². The Bertz CT molecular complexity index is 1370. The first-order valence-corrected chi connectivity index (χ1v) is 13.1. The van der Waals surface area contributed by atoms with Crippen LogP contribution in [0.15, 0.2) is 18.6 Å². The van der Waals surface area contributed by atoms with Crippen molar-refractivity contribution in [3.63, 3.8) is 0 Å². The molecule has 2 N–H and O–H groups in total. The minimum atomic E-state index is -3.19. The molecule has 0 spiro atoms. The number of nitrogens with two attached hydrogens (primary N) is 1. The number of piperazine rings is 1. The van der Waals surface area contributed by atoms with E-state index in [9.17, 15) is 13.7 Å². The minimum absolute atomic E-state index is 0.141. The van der Waals surface area contributed by atoms with Gasteiger partial charge in [0.05, 0.1) is 25.2 Å². The third kappa shape index (κ3) is 4.76. The number of fused-ring (bicyclic) bond motifs is 1.